The van der Waals surface area contributed by atoms with E-state index in [1.165, 1.54) is 184 Å². The maximum atomic E-state index is 2.41. The minimum atomic E-state index is 1.19. The highest BCUT2D eigenvalue weighted by Gasteiger charge is 2.09. The molecule has 0 N–H and O–H groups in total. The molecule has 0 nitrogen and oxygen atoms in total. The third kappa shape index (κ3) is 8.10. The van der Waals surface area contributed by atoms with Gasteiger partial charge in [-0.25, -0.2) is 0 Å². The van der Waals surface area contributed by atoms with Crippen LogP contribution in [0.5, 0.6) is 0 Å². The van der Waals surface area contributed by atoms with E-state index < -0.39 is 0 Å². The number of fused-ring (bicyclic) bond motifs is 8. The fourth-order valence-corrected chi connectivity index (χ4v) is 9.69. The number of benzene rings is 10. The lowest BCUT2D eigenvalue weighted by Gasteiger charge is -2.11. The van der Waals surface area contributed by atoms with E-state index in [0.717, 1.165) is 0 Å². The van der Waals surface area contributed by atoms with Gasteiger partial charge in [-0.15, -0.1) is 0 Å². The quantitative estimate of drug-likeness (QED) is 0.0958. The zero-order chi connectivity index (χ0) is 41.3. The molecule has 60 heavy (non-hydrogen) atoms. The molecule has 0 heterocycles. The molecule has 300 valence electrons. The van der Waals surface area contributed by atoms with Gasteiger partial charge in [0.05, 0.1) is 0 Å². The molecule has 0 saturated carbocycles. The van der Waals surface area contributed by atoms with E-state index in [2.05, 4.69) is 175 Å². The fourth-order valence-electron chi connectivity index (χ4n) is 9.69. The summed E-state index contributed by atoms with van der Waals surface area (Å²) in [5.41, 5.74) is 8.32. The summed E-state index contributed by atoms with van der Waals surface area (Å²) in [6.45, 7) is 13.4. The molecule has 10 rings (SSSR count). The molecule has 10 aromatic carbocycles. The minimum absolute atomic E-state index is 1.19. The van der Waals surface area contributed by atoms with Crippen LogP contribution in [0.1, 0.15) is 98.6 Å². The van der Waals surface area contributed by atoms with Crippen LogP contribution in [0.2, 0.25) is 0 Å². The Kier molecular flexibility index (Phi) is 11.3. The smallest absolute Gasteiger partial charge is 0.0146 e. The van der Waals surface area contributed by atoms with Crippen molar-refractivity contribution in [2.24, 2.45) is 0 Å². The van der Waals surface area contributed by atoms with Crippen molar-refractivity contribution in [3.05, 3.63) is 167 Å². The third-order valence-electron chi connectivity index (χ3n) is 13.4. The van der Waals surface area contributed by atoms with Crippen LogP contribution in [0.3, 0.4) is 0 Å². The fraction of sp³-hybridized carbons (Fsp3) is 0.267. The number of hydrogen-bond acceptors (Lipinski definition) is 0. The molecule has 0 unspecified atom stereocenters. The molecule has 0 aliphatic carbocycles. The van der Waals surface area contributed by atoms with E-state index in [1.54, 1.807) is 0 Å². The Balaban J connectivity index is 0.000000159. The molecule has 0 spiro atoms. The Morgan fingerprint density at radius 2 is 0.517 bits per heavy atom. The van der Waals surface area contributed by atoms with E-state index in [4.69, 9.17) is 0 Å². The topological polar surface area (TPSA) is 0 Å². The Morgan fingerprint density at radius 1 is 0.250 bits per heavy atom. The van der Waals surface area contributed by atoms with Crippen molar-refractivity contribution in [2.75, 3.05) is 0 Å². The second kappa shape index (κ2) is 17.1. The number of aryl methyl sites for hydroxylation is 6. The SMILES string of the molecule is CCCCCCc1ccc2cc3cc4cc5cc(CCCCCC)ccc5cc4cc3cc2c1.Cc1ccc(C)c2cc3cc4cc5c(C)ccc(C)c5cc4cc3cc12. The van der Waals surface area contributed by atoms with Gasteiger partial charge in [-0.1, -0.05) is 113 Å². The van der Waals surface area contributed by atoms with E-state index in [0.29, 0.717) is 0 Å². The van der Waals surface area contributed by atoms with Gasteiger partial charge in [0.25, 0.3) is 0 Å². The Hall–Kier alpha value is -5.72. The summed E-state index contributed by atoms with van der Waals surface area (Å²) < 4.78 is 0. The predicted octanol–water partition coefficient (Wildman–Crippen LogP) is 18.1. The van der Waals surface area contributed by atoms with Crippen LogP contribution >= 0.6 is 0 Å². The van der Waals surface area contributed by atoms with E-state index in [9.17, 15) is 0 Å². The predicted molar refractivity (Wildman–Crippen MR) is 268 cm³/mol. The Labute approximate surface area is 357 Å². The first-order valence-corrected chi connectivity index (χ1v) is 22.8. The summed E-state index contributed by atoms with van der Waals surface area (Å²) in [5, 5.41) is 21.5. The van der Waals surface area contributed by atoms with Gasteiger partial charge in [-0.05, 0) is 246 Å². The molecule has 0 aliphatic heterocycles. The van der Waals surface area contributed by atoms with E-state index >= 15 is 0 Å². The summed E-state index contributed by atoms with van der Waals surface area (Å²) >= 11 is 0. The van der Waals surface area contributed by atoms with Crippen molar-refractivity contribution in [1.29, 1.82) is 0 Å². The summed E-state index contributed by atoms with van der Waals surface area (Å²) in [4.78, 5) is 0. The molecule has 0 bridgehead atoms. The Morgan fingerprint density at radius 3 is 0.817 bits per heavy atom. The van der Waals surface area contributed by atoms with Gasteiger partial charge in [-0.2, -0.15) is 0 Å². The summed E-state index contributed by atoms with van der Waals surface area (Å²) in [6.07, 6.45) is 13.0. The maximum Gasteiger partial charge on any atom is -0.0146 e. The molecular formula is C60H60. The van der Waals surface area contributed by atoms with Crippen molar-refractivity contribution in [3.8, 4) is 0 Å². The van der Waals surface area contributed by atoms with Crippen molar-refractivity contribution in [3.63, 3.8) is 0 Å². The average Bonchev–Trinajstić information content (AvgIpc) is 3.25. The summed E-state index contributed by atoms with van der Waals surface area (Å²) in [7, 11) is 0. The average molecular weight is 781 g/mol. The van der Waals surface area contributed by atoms with Crippen LogP contribution in [0.15, 0.2) is 133 Å². The van der Waals surface area contributed by atoms with Crippen molar-refractivity contribution in [2.45, 2.75) is 106 Å². The first kappa shape index (κ1) is 39.7. The second-order valence-corrected chi connectivity index (χ2v) is 18.0. The van der Waals surface area contributed by atoms with Gasteiger partial charge >= 0.3 is 0 Å². The van der Waals surface area contributed by atoms with Crippen LogP contribution in [-0.4, -0.2) is 0 Å². The standard InChI is InChI=1S/C34H38.C26H22/c1-3-5-7-9-11-25-13-15-27-19-31-24-34-22-30-18-26(12-10-8-6-4-2)14-16-28(30)20-32(34)23-33(31)21-29(27)17-25;1-15-5-6-16(2)24-12-20-10-22-14-26-18(4)8-7-17(3)25(26)13-21(22)9-19(20)11-23(15)24/h13-24H,3-12H2,1-2H3;5-14H,1-4H3. The molecule has 0 fully saturated rings. The summed E-state index contributed by atoms with van der Waals surface area (Å²) in [6, 6.07) is 51.5. The number of rotatable bonds is 10. The maximum absolute atomic E-state index is 2.41. The van der Waals surface area contributed by atoms with Crippen LogP contribution in [0, 0.1) is 27.7 Å². The largest absolute Gasteiger partial charge is 0.0654 e. The highest BCUT2D eigenvalue weighted by Crippen LogP contribution is 2.35. The highest BCUT2D eigenvalue weighted by atomic mass is 14.1. The molecule has 0 heteroatoms. The molecule has 0 saturated heterocycles. The molecule has 0 atom stereocenters. The van der Waals surface area contributed by atoms with Crippen molar-refractivity contribution in [1.82, 2.24) is 0 Å². The number of unbranched alkanes of at least 4 members (excludes halogenated alkanes) is 6. The first-order chi connectivity index (χ1) is 29.2. The molecule has 0 aromatic heterocycles. The zero-order valence-electron chi connectivity index (χ0n) is 36.8. The third-order valence-corrected chi connectivity index (χ3v) is 13.4. The highest BCUT2D eigenvalue weighted by molar-refractivity contribution is 6.10. The lowest BCUT2D eigenvalue weighted by molar-refractivity contribution is 0.667. The molecule has 0 amide bonds. The first-order valence-electron chi connectivity index (χ1n) is 22.8. The number of hydrogen-bond donors (Lipinski definition) is 0. The van der Waals surface area contributed by atoms with Crippen molar-refractivity contribution < 1.29 is 0 Å². The second-order valence-electron chi connectivity index (χ2n) is 18.0. The van der Waals surface area contributed by atoms with Crippen LogP contribution in [0.4, 0.5) is 0 Å². The van der Waals surface area contributed by atoms with Crippen LogP contribution in [-0.2, 0) is 12.8 Å². The van der Waals surface area contributed by atoms with Crippen LogP contribution in [0.25, 0.3) is 86.2 Å². The normalized spacial score (nSPS) is 11.8. The molecule has 0 aliphatic rings. The molecule has 0 radical (unpaired) electrons. The van der Waals surface area contributed by atoms with Gasteiger partial charge in [0.1, 0.15) is 0 Å². The monoisotopic (exact) mass is 780 g/mol. The van der Waals surface area contributed by atoms with Crippen molar-refractivity contribution >= 4 is 86.2 Å². The zero-order valence-corrected chi connectivity index (χ0v) is 36.8. The van der Waals surface area contributed by atoms with E-state index in [-0.39, 0.29) is 0 Å². The van der Waals surface area contributed by atoms with E-state index in [1.807, 2.05) is 0 Å². The minimum Gasteiger partial charge on any atom is -0.0654 e. The van der Waals surface area contributed by atoms with Gasteiger partial charge in [0.15, 0.2) is 0 Å². The van der Waals surface area contributed by atoms with Gasteiger partial charge in [-0.3, -0.25) is 0 Å². The lowest BCUT2D eigenvalue weighted by atomic mass is 9.93. The molecule has 10 aromatic rings. The lowest BCUT2D eigenvalue weighted by Crippen LogP contribution is -1.87. The van der Waals surface area contributed by atoms with Gasteiger partial charge < -0.3 is 0 Å². The summed E-state index contributed by atoms with van der Waals surface area (Å²) in [5.74, 6) is 0. The van der Waals surface area contributed by atoms with Crippen LogP contribution < -0.4 is 0 Å². The Bertz CT molecular complexity index is 2890. The molecular weight excluding hydrogens is 721 g/mol. The van der Waals surface area contributed by atoms with Gasteiger partial charge in [0.2, 0.25) is 0 Å². The van der Waals surface area contributed by atoms with Gasteiger partial charge in [0, 0.05) is 0 Å².